The number of amides is 2. The Hall–Kier alpha value is -2.05. The second-order valence-corrected chi connectivity index (χ2v) is 7.95. The average Bonchev–Trinajstić information content (AvgIpc) is 2.53. The largest absolute Gasteiger partial charge is 0.483 e. The number of para-hydroxylation sites is 1. The maximum Gasteiger partial charge on any atom is 0.262 e. The maximum absolute atomic E-state index is 12.4. The Labute approximate surface area is 166 Å². The molecule has 0 heterocycles. The van der Waals surface area contributed by atoms with Crippen molar-refractivity contribution in [1.82, 2.24) is 5.32 Å². The lowest BCUT2D eigenvalue weighted by molar-refractivity contribution is -0.118. The molecule has 0 aliphatic carbocycles. The molecule has 0 saturated heterocycles. The molecule has 0 spiro atoms. The smallest absolute Gasteiger partial charge is 0.262 e. The first-order valence-electron chi connectivity index (χ1n) is 7.95. The third kappa shape index (κ3) is 6.04. The molecule has 2 aromatic carbocycles. The van der Waals surface area contributed by atoms with Crippen molar-refractivity contribution in [2.45, 2.75) is 26.3 Å². The summed E-state index contributed by atoms with van der Waals surface area (Å²) in [6, 6.07) is 11.9. The van der Waals surface area contributed by atoms with Gasteiger partial charge in [0.15, 0.2) is 6.61 Å². The SMILES string of the molecule is CC(C)(C)NC(=O)c1ccccc1NC(=O)COc1ccc(Cl)cc1Br. The van der Waals surface area contributed by atoms with Gasteiger partial charge in [-0.1, -0.05) is 23.7 Å². The Morgan fingerprint density at radius 3 is 2.50 bits per heavy atom. The van der Waals surface area contributed by atoms with Gasteiger partial charge >= 0.3 is 0 Å². The highest BCUT2D eigenvalue weighted by Crippen LogP contribution is 2.28. The zero-order valence-electron chi connectivity index (χ0n) is 14.7. The molecule has 7 heteroatoms. The number of ether oxygens (including phenoxy) is 1. The molecule has 0 unspecified atom stereocenters. The minimum absolute atomic E-state index is 0.199. The molecule has 138 valence electrons. The van der Waals surface area contributed by atoms with Gasteiger partial charge in [0.1, 0.15) is 5.75 Å². The van der Waals surface area contributed by atoms with E-state index in [1.54, 1.807) is 42.5 Å². The molecule has 5 nitrogen and oxygen atoms in total. The molecule has 2 amide bonds. The lowest BCUT2D eigenvalue weighted by atomic mass is 10.1. The molecule has 0 saturated carbocycles. The fourth-order valence-corrected chi connectivity index (χ4v) is 2.92. The van der Waals surface area contributed by atoms with Crippen molar-refractivity contribution in [3.05, 3.63) is 57.5 Å². The monoisotopic (exact) mass is 438 g/mol. The maximum atomic E-state index is 12.4. The molecular weight excluding hydrogens is 420 g/mol. The summed E-state index contributed by atoms with van der Waals surface area (Å²) in [6.45, 7) is 5.48. The molecule has 2 aromatic rings. The number of rotatable bonds is 5. The van der Waals surface area contributed by atoms with E-state index in [-0.39, 0.29) is 24.0 Å². The minimum atomic E-state index is -0.377. The van der Waals surface area contributed by atoms with E-state index in [1.165, 1.54) is 0 Å². The Morgan fingerprint density at radius 2 is 1.85 bits per heavy atom. The lowest BCUT2D eigenvalue weighted by Gasteiger charge is -2.21. The third-order valence-electron chi connectivity index (χ3n) is 3.19. The number of anilines is 1. The zero-order chi connectivity index (χ0) is 19.3. The summed E-state index contributed by atoms with van der Waals surface area (Å²) >= 11 is 9.21. The van der Waals surface area contributed by atoms with Gasteiger partial charge in [0.25, 0.3) is 11.8 Å². The average molecular weight is 440 g/mol. The van der Waals surface area contributed by atoms with Crippen LogP contribution in [0.25, 0.3) is 0 Å². The van der Waals surface area contributed by atoms with Crippen molar-refractivity contribution in [2.75, 3.05) is 11.9 Å². The summed E-state index contributed by atoms with van der Waals surface area (Å²) in [7, 11) is 0. The molecule has 0 atom stereocenters. The first-order chi connectivity index (χ1) is 12.2. The topological polar surface area (TPSA) is 67.4 Å². The molecule has 2 N–H and O–H groups in total. The second-order valence-electron chi connectivity index (χ2n) is 6.66. The number of hydrogen-bond acceptors (Lipinski definition) is 3. The van der Waals surface area contributed by atoms with Crippen LogP contribution >= 0.6 is 27.5 Å². The predicted octanol–water partition coefficient (Wildman–Crippen LogP) is 4.65. The fraction of sp³-hybridized carbons (Fsp3) is 0.263. The van der Waals surface area contributed by atoms with Gasteiger partial charge in [-0.25, -0.2) is 0 Å². The van der Waals surface area contributed by atoms with E-state index in [0.717, 1.165) is 0 Å². The van der Waals surface area contributed by atoms with Gasteiger partial charge in [-0.3, -0.25) is 9.59 Å². The normalized spacial score (nSPS) is 11.0. The first kappa shape index (κ1) is 20.3. The van der Waals surface area contributed by atoms with Gasteiger partial charge in [0, 0.05) is 10.6 Å². The van der Waals surface area contributed by atoms with E-state index in [2.05, 4.69) is 26.6 Å². The van der Waals surface area contributed by atoms with Gasteiger partial charge in [-0.05, 0) is 67.0 Å². The number of carbonyl (C=O) groups excluding carboxylic acids is 2. The van der Waals surface area contributed by atoms with Crippen molar-refractivity contribution in [3.8, 4) is 5.75 Å². The standard InChI is InChI=1S/C19H20BrClN2O3/c1-19(2,3)23-18(25)13-6-4-5-7-15(13)22-17(24)11-26-16-9-8-12(21)10-14(16)20/h4-10H,11H2,1-3H3,(H,22,24)(H,23,25). The highest BCUT2D eigenvalue weighted by atomic mass is 79.9. The molecule has 0 aromatic heterocycles. The number of nitrogens with one attached hydrogen (secondary N) is 2. The predicted molar refractivity (Wildman–Crippen MR) is 107 cm³/mol. The van der Waals surface area contributed by atoms with Crippen LogP contribution in [-0.2, 0) is 4.79 Å². The summed E-state index contributed by atoms with van der Waals surface area (Å²) in [6.07, 6.45) is 0. The Morgan fingerprint density at radius 1 is 1.15 bits per heavy atom. The highest BCUT2D eigenvalue weighted by Gasteiger charge is 2.18. The van der Waals surface area contributed by atoms with Gasteiger partial charge in [0.2, 0.25) is 0 Å². The molecule has 0 aliphatic heterocycles. The fourth-order valence-electron chi connectivity index (χ4n) is 2.12. The molecule has 0 radical (unpaired) electrons. The zero-order valence-corrected chi connectivity index (χ0v) is 17.1. The van der Waals surface area contributed by atoms with Crippen LogP contribution < -0.4 is 15.4 Å². The molecule has 0 bridgehead atoms. The molecular formula is C19H20BrClN2O3. The van der Waals surface area contributed by atoms with Crippen molar-refractivity contribution in [2.24, 2.45) is 0 Å². The van der Waals surface area contributed by atoms with Crippen molar-refractivity contribution in [1.29, 1.82) is 0 Å². The van der Waals surface area contributed by atoms with E-state index < -0.39 is 0 Å². The van der Waals surface area contributed by atoms with Gasteiger partial charge < -0.3 is 15.4 Å². The van der Waals surface area contributed by atoms with E-state index in [9.17, 15) is 9.59 Å². The van der Waals surface area contributed by atoms with E-state index in [4.69, 9.17) is 16.3 Å². The van der Waals surface area contributed by atoms with Crippen LogP contribution in [0.5, 0.6) is 5.75 Å². The first-order valence-corrected chi connectivity index (χ1v) is 9.12. The lowest BCUT2D eigenvalue weighted by Crippen LogP contribution is -2.41. The van der Waals surface area contributed by atoms with Crippen LogP contribution in [0.1, 0.15) is 31.1 Å². The summed E-state index contributed by atoms with van der Waals surface area (Å²) in [5.41, 5.74) is 0.444. The summed E-state index contributed by atoms with van der Waals surface area (Å²) < 4.78 is 6.14. The van der Waals surface area contributed by atoms with Crippen LogP contribution in [0.2, 0.25) is 5.02 Å². The van der Waals surface area contributed by atoms with Crippen molar-refractivity contribution < 1.29 is 14.3 Å². The third-order valence-corrected chi connectivity index (χ3v) is 4.04. The number of halogens is 2. The molecule has 0 aliphatic rings. The van der Waals surface area contributed by atoms with Gasteiger partial charge in [0.05, 0.1) is 15.7 Å². The van der Waals surface area contributed by atoms with E-state index >= 15 is 0 Å². The quantitative estimate of drug-likeness (QED) is 0.713. The van der Waals surface area contributed by atoms with Crippen LogP contribution in [0.3, 0.4) is 0 Å². The van der Waals surface area contributed by atoms with Gasteiger partial charge in [-0.15, -0.1) is 0 Å². The summed E-state index contributed by atoms with van der Waals surface area (Å²) in [5.74, 6) is -0.124. The molecule has 26 heavy (non-hydrogen) atoms. The second kappa shape index (κ2) is 8.56. The van der Waals surface area contributed by atoms with Crippen LogP contribution in [0.15, 0.2) is 46.9 Å². The number of carbonyl (C=O) groups is 2. The summed E-state index contributed by atoms with van der Waals surface area (Å²) in [5, 5.41) is 6.15. The Bertz CT molecular complexity index is 819. The molecule has 2 rings (SSSR count). The number of hydrogen-bond donors (Lipinski definition) is 2. The van der Waals surface area contributed by atoms with Gasteiger partial charge in [-0.2, -0.15) is 0 Å². The van der Waals surface area contributed by atoms with E-state index in [1.807, 2.05) is 20.8 Å². The van der Waals surface area contributed by atoms with Crippen molar-refractivity contribution >= 4 is 45.0 Å². The van der Waals surface area contributed by atoms with E-state index in [0.29, 0.717) is 26.5 Å². The Kier molecular flexibility index (Phi) is 6.67. The number of benzene rings is 2. The molecule has 0 fully saturated rings. The van der Waals surface area contributed by atoms with Crippen LogP contribution in [0.4, 0.5) is 5.69 Å². The van der Waals surface area contributed by atoms with Crippen LogP contribution in [0, 0.1) is 0 Å². The van der Waals surface area contributed by atoms with Crippen molar-refractivity contribution in [3.63, 3.8) is 0 Å². The minimum Gasteiger partial charge on any atom is -0.483 e. The summed E-state index contributed by atoms with van der Waals surface area (Å²) in [4.78, 5) is 24.6. The van der Waals surface area contributed by atoms with Crippen LogP contribution in [-0.4, -0.2) is 24.0 Å². The Balaban J connectivity index is 2.04. The highest BCUT2D eigenvalue weighted by molar-refractivity contribution is 9.10.